The molecule has 0 unspecified atom stereocenters. The highest BCUT2D eigenvalue weighted by Gasteiger charge is 2.28. The van der Waals surface area contributed by atoms with Gasteiger partial charge in [0.15, 0.2) is 19.7 Å². The van der Waals surface area contributed by atoms with E-state index in [9.17, 15) is 66.1 Å². The third kappa shape index (κ3) is 19.2. The van der Waals surface area contributed by atoms with Crippen LogP contribution in [0.3, 0.4) is 0 Å². The number of amides is 2. The molecule has 4 rings (SSSR count). The van der Waals surface area contributed by atoms with Gasteiger partial charge >= 0.3 is 26.8 Å². The van der Waals surface area contributed by atoms with Gasteiger partial charge in [-0.25, -0.2) is 35.5 Å². The number of nitrogens with two attached hydrogens (primary N) is 2. The Hall–Kier alpha value is -7.49. The van der Waals surface area contributed by atoms with Gasteiger partial charge in [-0.05, 0) is 66.7 Å². The number of carboxylic acid groups (broad SMARTS) is 1. The molecular weight excluding hydrogens is 1080 g/mol. The van der Waals surface area contributed by atoms with Gasteiger partial charge in [-0.15, -0.1) is 20.5 Å². The third-order valence-corrected chi connectivity index (χ3v) is 13.8. The van der Waals surface area contributed by atoms with E-state index in [-0.39, 0.29) is 28.4 Å². The van der Waals surface area contributed by atoms with Crippen LogP contribution in [0.5, 0.6) is 0 Å². The second-order valence-corrected chi connectivity index (χ2v) is 22.3. The number of hydrogen-bond acceptors (Lipinski definition) is 26. The quantitative estimate of drug-likeness (QED) is 0.0100. The van der Waals surface area contributed by atoms with Crippen molar-refractivity contribution in [3.8, 4) is 0 Å². The number of nitrogens with zero attached hydrogens (tertiary/aromatic N) is 6. The molecule has 2 amide bonds. The van der Waals surface area contributed by atoms with Crippen LogP contribution < -0.4 is 27.6 Å². The fourth-order valence-electron chi connectivity index (χ4n) is 5.46. The summed E-state index contributed by atoms with van der Waals surface area (Å²) < 4.78 is 151. The van der Waals surface area contributed by atoms with Crippen molar-refractivity contribution >= 4 is 137 Å². The number of nitrogens with one attached hydrogen (secondary N) is 4. The van der Waals surface area contributed by atoms with Crippen LogP contribution in [0, 0.1) is 5.41 Å². The minimum Gasteiger partial charge on any atom is -0.478 e. The van der Waals surface area contributed by atoms with Crippen LogP contribution in [-0.4, -0.2) is 121 Å². The van der Waals surface area contributed by atoms with Crippen molar-refractivity contribution in [1.82, 2.24) is 0 Å². The molecule has 73 heavy (non-hydrogen) atoms. The highest BCUT2D eigenvalue weighted by atomic mass is 32.3. The van der Waals surface area contributed by atoms with Crippen molar-refractivity contribution in [2.75, 3.05) is 63.8 Å². The molecular formula is C36H40N12O20S5. The number of anilines is 5. The van der Waals surface area contributed by atoms with Crippen molar-refractivity contribution in [3.63, 3.8) is 0 Å². The number of benzene rings is 4. The number of carbonyl (C=O) groups is 3. The molecule has 394 valence electrons. The summed E-state index contributed by atoms with van der Waals surface area (Å²) in [5.41, 5.74) is 10.7. The summed E-state index contributed by atoms with van der Waals surface area (Å²) in [6.07, 6.45) is -0.640. The van der Waals surface area contributed by atoms with E-state index in [4.69, 9.17) is 26.0 Å². The van der Waals surface area contributed by atoms with Crippen LogP contribution >= 0.6 is 0 Å². The van der Waals surface area contributed by atoms with Gasteiger partial charge in [0.1, 0.15) is 33.2 Å². The summed E-state index contributed by atoms with van der Waals surface area (Å²) in [4.78, 5) is 41.5. The zero-order valence-corrected chi connectivity index (χ0v) is 40.9. The standard InChI is InChI=1S/C36H40N12O20S5/c37-20-66-48-25-9-10-26(27(19-25)71(57,58)59)44-46-34-30(36(51)52)33(45-42-23-5-1-21(2-6-23)40-28(49)11-15-69(53,54)17-13-67-72(60,61)62)31(38)35(32(34)39)47-43-24-7-3-22(4-8-24)41-29(50)12-16-70(55,56)18-14-68-73(63,64)65/h1-10,19-20,37,48H,11-18,38-39H2,(H,40,49)(H,41,50)(H,51,52)(H,57,58,59)(H,60,61,62)(H,63,64,65). The largest absolute Gasteiger partial charge is 0.478 e. The molecule has 0 radical (unpaired) electrons. The van der Waals surface area contributed by atoms with Gasteiger partial charge in [-0.1, -0.05) is 0 Å². The number of aromatic carboxylic acids is 1. The fourth-order valence-corrected chi connectivity index (χ4v) is 8.98. The molecule has 0 aliphatic rings. The van der Waals surface area contributed by atoms with Gasteiger partial charge in [0.05, 0.1) is 64.7 Å². The van der Waals surface area contributed by atoms with Crippen LogP contribution in [0.25, 0.3) is 0 Å². The maximum Gasteiger partial charge on any atom is 0.397 e. The summed E-state index contributed by atoms with van der Waals surface area (Å²) in [7, 11) is -22.8. The fraction of sp³-hybridized carbons (Fsp3) is 0.222. The number of carbonyl (C=O) groups excluding carboxylic acids is 2. The average Bonchev–Trinajstić information content (AvgIpc) is 3.28. The summed E-state index contributed by atoms with van der Waals surface area (Å²) in [5, 5.41) is 46.1. The molecule has 0 aliphatic carbocycles. The van der Waals surface area contributed by atoms with E-state index in [2.05, 4.69) is 60.0 Å². The van der Waals surface area contributed by atoms with E-state index in [1.54, 1.807) is 0 Å². The Kier molecular flexibility index (Phi) is 19.7. The molecule has 4 aromatic carbocycles. The minimum atomic E-state index is -5.07. The predicted octanol–water partition coefficient (Wildman–Crippen LogP) is 4.12. The SMILES string of the molecule is N=CONc1ccc(N=Nc2c(N)c(N=Nc3ccc(NC(=O)CCS(=O)(=O)CCOS(=O)(=O)O)cc3)c(N)c(N=Nc3ccc(NC(=O)CCS(=O)(=O)CCOS(=O)(=O)O)cc3)c2C(=O)O)c(S(=O)(=O)O)c1. The van der Waals surface area contributed by atoms with Crippen molar-refractivity contribution in [1.29, 1.82) is 5.41 Å². The molecule has 0 spiro atoms. The smallest absolute Gasteiger partial charge is 0.397 e. The van der Waals surface area contributed by atoms with Crippen LogP contribution in [0.15, 0.2) is 102 Å². The Bertz CT molecular complexity index is 3410. The Balaban J connectivity index is 1.67. The molecule has 0 aromatic heterocycles. The van der Waals surface area contributed by atoms with E-state index >= 15 is 0 Å². The molecule has 0 saturated heterocycles. The summed E-state index contributed by atoms with van der Waals surface area (Å²) in [6, 6.07) is 13.5. The zero-order chi connectivity index (χ0) is 54.4. The highest BCUT2D eigenvalue weighted by Crippen LogP contribution is 2.49. The molecule has 4 aromatic rings. The first-order chi connectivity index (χ1) is 34.0. The summed E-state index contributed by atoms with van der Waals surface area (Å²) >= 11 is 0. The van der Waals surface area contributed by atoms with Gasteiger partial charge < -0.3 is 32.0 Å². The predicted molar refractivity (Wildman–Crippen MR) is 256 cm³/mol. The zero-order valence-electron chi connectivity index (χ0n) is 36.8. The lowest BCUT2D eigenvalue weighted by molar-refractivity contribution is -0.116. The van der Waals surface area contributed by atoms with Crippen molar-refractivity contribution < 1.29 is 88.4 Å². The van der Waals surface area contributed by atoms with Crippen molar-refractivity contribution in [2.24, 2.45) is 30.7 Å². The minimum absolute atomic E-state index is 0.00380. The summed E-state index contributed by atoms with van der Waals surface area (Å²) in [6.45, 7) is -1.75. The molecule has 0 atom stereocenters. The van der Waals surface area contributed by atoms with E-state index in [0.29, 0.717) is 6.40 Å². The Morgan fingerprint density at radius 1 is 0.575 bits per heavy atom. The molecule has 0 fully saturated rings. The number of rotatable bonds is 27. The first-order valence-corrected chi connectivity index (χ1v) is 27.5. The summed E-state index contributed by atoms with van der Waals surface area (Å²) in [5.74, 6) is -6.35. The third-order valence-electron chi connectivity index (χ3n) is 8.81. The maximum absolute atomic E-state index is 12.9. The van der Waals surface area contributed by atoms with E-state index in [1.807, 2.05) is 0 Å². The number of nitrogen functional groups attached to an aromatic ring is 2. The topological polar surface area (TPSA) is 517 Å². The van der Waals surface area contributed by atoms with Gasteiger partial charge in [0.25, 0.3) is 10.1 Å². The Morgan fingerprint density at radius 3 is 1.38 bits per heavy atom. The number of azo groups is 3. The number of hydrogen-bond donors (Lipinski definition) is 10. The van der Waals surface area contributed by atoms with Crippen LogP contribution in [0.1, 0.15) is 23.2 Å². The van der Waals surface area contributed by atoms with Crippen molar-refractivity contribution in [2.45, 2.75) is 17.7 Å². The van der Waals surface area contributed by atoms with Gasteiger partial charge in [-0.2, -0.15) is 35.5 Å². The second kappa shape index (κ2) is 24.8. The lowest BCUT2D eigenvalue weighted by atomic mass is 10.1. The molecule has 0 heterocycles. The number of carboxylic acids is 1. The molecule has 0 aliphatic heterocycles. The number of sulfone groups is 2. The lowest BCUT2D eigenvalue weighted by Gasteiger charge is -2.13. The van der Waals surface area contributed by atoms with E-state index in [0.717, 1.165) is 12.1 Å². The van der Waals surface area contributed by atoms with Crippen LogP contribution in [-0.2, 0) is 73.4 Å². The molecule has 37 heteroatoms. The Morgan fingerprint density at radius 2 is 0.986 bits per heavy atom. The molecule has 0 bridgehead atoms. The van der Waals surface area contributed by atoms with Gasteiger partial charge in [0.2, 0.25) is 18.2 Å². The van der Waals surface area contributed by atoms with Crippen LogP contribution in [0.2, 0.25) is 0 Å². The Labute approximate surface area is 413 Å². The van der Waals surface area contributed by atoms with E-state index < -0.39 is 162 Å². The molecule has 0 saturated carbocycles. The van der Waals surface area contributed by atoms with Crippen LogP contribution in [0.4, 0.5) is 62.6 Å². The van der Waals surface area contributed by atoms with E-state index in [1.165, 1.54) is 54.6 Å². The normalized spacial score (nSPS) is 12.5. The second-order valence-electron chi connectivity index (χ2n) is 14.1. The average molecular weight is 1120 g/mol. The first-order valence-electron chi connectivity index (χ1n) is 19.7. The highest BCUT2D eigenvalue weighted by molar-refractivity contribution is 7.91. The van der Waals surface area contributed by atoms with Crippen molar-refractivity contribution in [3.05, 3.63) is 72.3 Å². The maximum atomic E-state index is 12.9. The van der Waals surface area contributed by atoms with Gasteiger partial charge in [0, 0.05) is 24.2 Å². The lowest BCUT2D eigenvalue weighted by Crippen LogP contribution is -2.21. The molecule has 12 N–H and O–H groups in total. The monoisotopic (exact) mass is 1120 g/mol. The van der Waals surface area contributed by atoms with Gasteiger partial charge in [-0.3, -0.25) is 28.7 Å². The molecule has 32 nitrogen and oxygen atoms in total. The first kappa shape index (κ1) is 58.1.